The van der Waals surface area contributed by atoms with Gasteiger partial charge in [-0.15, -0.1) is 0 Å². The van der Waals surface area contributed by atoms with E-state index in [1.807, 2.05) is 43.0 Å². The van der Waals surface area contributed by atoms with Crippen LogP contribution in [0.25, 0.3) is 0 Å². The first-order valence-corrected chi connectivity index (χ1v) is 8.41. The highest BCUT2D eigenvalue weighted by Crippen LogP contribution is 2.19. The van der Waals surface area contributed by atoms with E-state index in [1.165, 1.54) is 0 Å². The molecule has 1 atom stereocenters. The Balaban J connectivity index is 1.68. The zero-order chi connectivity index (χ0) is 17.5. The molecule has 1 unspecified atom stereocenters. The molecular weight excluding hydrogens is 308 g/mol. The first-order valence-electron chi connectivity index (χ1n) is 8.41. The van der Waals surface area contributed by atoms with E-state index in [9.17, 15) is 9.59 Å². The SMILES string of the molecule is Cc1cccc(OCCNC(=O)C(C)N2CCC(C(=O)O)CC2)c1. The molecule has 0 aliphatic carbocycles. The molecule has 24 heavy (non-hydrogen) atoms. The molecule has 1 aromatic rings. The van der Waals surface area contributed by atoms with Crippen LogP contribution in [0.15, 0.2) is 24.3 Å². The Morgan fingerprint density at radius 3 is 2.71 bits per heavy atom. The van der Waals surface area contributed by atoms with Crippen LogP contribution in [-0.4, -0.2) is 54.2 Å². The maximum absolute atomic E-state index is 12.2. The van der Waals surface area contributed by atoms with E-state index in [0.717, 1.165) is 11.3 Å². The number of piperidine rings is 1. The molecule has 6 heteroatoms. The summed E-state index contributed by atoms with van der Waals surface area (Å²) in [6, 6.07) is 7.54. The van der Waals surface area contributed by atoms with E-state index >= 15 is 0 Å². The highest BCUT2D eigenvalue weighted by molar-refractivity contribution is 5.81. The number of likely N-dealkylation sites (tertiary alicyclic amines) is 1. The predicted molar refractivity (Wildman–Crippen MR) is 91.1 cm³/mol. The number of nitrogens with zero attached hydrogens (tertiary/aromatic N) is 1. The molecule has 0 saturated carbocycles. The number of carbonyl (C=O) groups is 2. The minimum atomic E-state index is -0.736. The van der Waals surface area contributed by atoms with Crippen LogP contribution >= 0.6 is 0 Å². The second-order valence-electron chi connectivity index (χ2n) is 6.28. The molecule has 1 fully saturated rings. The number of carboxylic acids is 1. The fourth-order valence-corrected chi connectivity index (χ4v) is 2.90. The second kappa shape index (κ2) is 8.68. The zero-order valence-corrected chi connectivity index (χ0v) is 14.3. The fourth-order valence-electron chi connectivity index (χ4n) is 2.90. The molecule has 1 heterocycles. The van der Waals surface area contributed by atoms with Crippen LogP contribution < -0.4 is 10.1 Å². The second-order valence-corrected chi connectivity index (χ2v) is 6.28. The summed E-state index contributed by atoms with van der Waals surface area (Å²) in [4.78, 5) is 25.2. The summed E-state index contributed by atoms with van der Waals surface area (Å²) < 4.78 is 5.61. The molecule has 0 radical (unpaired) electrons. The van der Waals surface area contributed by atoms with Crippen molar-refractivity contribution in [2.24, 2.45) is 5.92 Å². The third kappa shape index (κ3) is 5.23. The smallest absolute Gasteiger partial charge is 0.306 e. The van der Waals surface area contributed by atoms with Crippen molar-refractivity contribution in [1.29, 1.82) is 0 Å². The van der Waals surface area contributed by atoms with Gasteiger partial charge in [0.25, 0.3) is 0 Å². The Kier molecular flexibility index (Phi) is 6.61. The lowest BCUT2D eigenvalue weighted by Crippen LogP contribution is -2.49. The Hall–Kier alpha value is -2.08. The number of amides is 1. The first kappa shape index (κ1) is 18.3. The van der Waals surface area contributed by atoms with Crippen molar-refractivity contribution in [2.45, 2.75) is 32.7 Å². The minimum Gasteiger partial charge on any atom is -0.492 e. The van der Waals surface area contributed by atoms with Gasteiger partial charge in [0.05, 0.1) is 18.5 Å². The van der Waals surface area contributed by atoms with Gasteiger partial charge in [-0.2, -0.15) is 0 Å². The topological polar surface area (TPSA) is 78.9 Å². The molecule has 0 spiro atoms. The van der Waals surface area contributed by atoms with Crippen LogP contribution in [0, 0.1) is 12.8 Å². The highest BCUT2D eigenvalue weighted by Gasteiger charge is 2.29. The highest BCUT2D eigenvalue weighted by atomic mass is 16.5. The standard InChI is InChI=1S/C18H26N2O4/c1-13-4-3-5-16(12-13)24-11-8-19-17(21)14(2)20-9-6-15(7-10-20)18(22)23/h3-5,12,14-15H,6-11H2,1-2H3,(H,19,21)(H,22,23). The third-order valence-corrected chi connectivity index (χ3v) is 4.47. The van der Waals surface area contributed by atoms with Gasteiger partial charge in [-0.3, -0.25) is 14.5 Å². The van der Waals surface area contributed by atoms with Crippen molar-refractivity contribution < 1.29 is 19.4 Å². The third-order valence-electron chi connectivity index (χ3n) is 4.47. The lowest BCUT2D eigenvalue weighted by atomic mass is 9.96. The molecule has 0 aromatic heterocycles. The summed E-state index contributed by atoms with van der Waals surface area (Å²) >= 11 is 0. The number of aliphatic carboxylic acids is 1. The van der Waals surface area contributed by atoms with Crippen LogP contribution in [0.4, 0.5) is 0 Å². The van der Waals surface area contributed by atoms with Crippen molar-refractivity contribution >= 4 is 11.9 Å². The van der Waals surface area contributed by atoms with E-state index in [2.05, 4.69) is 5.32 Å². The summed E-state index contributed by atoms with van der Waals surface area (Å²) in [5.74, 6) is -0.260. The van der Waals surface area contributed by atoms with Gasteiger partial charge in [0.1, 0.15) is 12.4 Å². The zero-order valence-electron chi connectivity index (χ0n) is 14.3. The Bertz CT molecular complexity index is 568. The van der Waals surface area contributed by atoms with Crippen LogP contribution in [0.2, 0.25) is 0 Å². The Morgan fingerprint density at radius 2 is 2.08 bits per heavy atom. The molecule has 1 saturated heterocycles. The Labute approximate surface area is 142 Å². The van der Waals surface area contributed by atoms with E-state index in [-0.39, 0.29) is 17.9 Å². The molecule has 2 N–H and O–H groups in total. The van der Waals surface area contributed by atoms with Crippen LogP contribution in [-0.2, 0) is 9.59 Å². The molecule has 1 aromatic carbocycles. The van der Waals surface area contributed by atoms with E-state index in [1.54, 1.807) is 0 Å². The van der Waals surface area contributed by atoms with Gasteiger partial charge in [0.2, 0.25) is 5.91 Å². The van der Waals surface area contributed by atoms with Crippen molar-refractivity contribution in [3.05, 3.63) is 29.8 Å². The first-order chi connectivity index (χ1) is 11.5. The molecular formula is C18H26N2O4. The Morgan fingerprint density at radius 1 is 1.38 bits per heavy atom. The van der Waals surface area contributed by atoms with E-state index in [0.29, 0.717) is 39.1 Å². The normalized spacial score (nSPS) is 17.2. The molecule has 1 amide bonds. The number of nitrogens with one attached hydrogen (secondary N) is 1. The molecule has 1 aliphatic rings. The molecule has 132 valence electrons. The summed E-state index contributed by atoms with van der Waals surface area (Å²) in [7, 11) is 0. The summed E-state index contributed by atoms with van der Waals surface area (Å²) in [6.45, 7) is 6.02. The fraction of sp³-hybridized carbons (Fsp3) is 0.556. The number of aryl methyl sites for hydroxylation is 1. The van der Waals surface area contributed by atoms with Gasteiger partial charge in [-0.1, -0.05) is 12.1 Å². The molecule has 6 nitrogen and oxygen atoms in total. The number of hydrogen-bond donors (Lipinski definition) is 2. The number of carboxylic acid groups (broad SMARTS) is 1. The number of ether oxygens (including phenoxy) is 1. The molecule has 0 bridgehead atoms. The lowest BCUT2D eigenvalue weighted by Gasteiger charge is -2.33. The minimum absolute atomic E-state index is 0.0448. The van der Waals surface area contributed by atoms with Crippen LogP contribution in [0.1, 0.15) is 25.3 Å². The average Bonchev–Trinajstić information content (AvgIpc) is 2.58. The average molecular weight is 334 g/mol. The summed E-state index contributed by atoms with van der Waals surface area (Å²) in [6.07, 6.45) is 1.20. The van der Waals surface area contributed by atoms with E-state index < -0.39 is 5.97 Å². The van der Waals surface area contributed by atoms with Gasteiger partial charge in [-0.05, 0) is 57.5 Å². The maximum atomic E-state index is 12.2. The van der Waals surface area contributed by atoms with Crippen molar-refractivity contribution in [3.63, 3.8) is 0 Å². The predicted octanol–water partition coefficient (Wildman–Crippen LogP) is 1.68. The van der Waals surface area contributed by atoms with Gasteiger partial charge in [-0.25, -0.2) is 0 Å². The van der Waals surface area contributed by atoms with Crippen LogP contribution in [0.5, 0.6) is 5.75 Å². The monoisotopic (exact) mass is 334 g/mol. The number of benzene rings is 1. The van der Waals surface area contributed by atoms with Gasteiger partial charge in [0.15, 0.2) is 0 Å². The van der Waals surface area contributed by atoms with Gasteiger partial charge >= 0.3 is 5.97 Å². The van der Waals surface area contributed by atoms with Gasteiger partial charge < -0.3 is 15.2 Å². The van der Waals surface area contributed by atoms with Crippen molar-refractivity contribution in [1.82, 2.24) is 10.2 Å². The van der Waals surface area contributed by atoms with Crippen LogP contribution in [0.3, 0.4) is 0 Å². The number of rotatable bonds is 7. The van der Waals surface area contributed by atoms with Crippen molar-refractivity contribution in [2.75, 3.05) is 26.2 Å². The number of hydrogen-bond acceptors (Lipinski definition) is 4. The molecule has 2 rings (SSSR count). The maximum Gasteiger partial charge on any atom is 0.306 e. The summed E-state index contributed by atoms with van der Waals surface area (Å²) in [5, 5.41) is 11.9. The van der Waals surface area contributed by atoms with Crippen molar-refractivity contribution in [3.8, 4) is 5.75 Å². The largest absolute Gasteiger partial charge is 0.492 e. The van der Waals surface area contributed by atoms with E-state index in [4.69, 9.17) is 9.84 Å². The number of carbonyl (C=O) groups excluding carboxylic acids is 1. The lowest BCUT2D eigenvalue weighted by molar-refractivity contribution is -0.143. The molecule has 1 aliphatic heterocycles. The quantitative estimate of drug-likeness (QED) is 0.742. The summed E-state index contributed by atoms with van der Waals surface area (Å²) in [5.41, 5.74) is 1.13. The van der Waals surface area contributed by atoms with Gasteiger partial charge in [0, 0.05) is 0 Å².